The lowest BCUT2D eigenvalue weighted by Gasteiger charge is -2.16. The second-order valence-electron chi connectivity index (χ2n) is 8.45. The molecule has 1 unspecified atom stereocenters. The molecule has 2 amide bonds. The lowest BCUT2D eigenvalue weighted by atomic mass is 10.1. The fourth-order valence-corrected chi connectivity index (χ4v) is 4.57. The van der Waals surface area contributed by atoms with Crippen LogP contribution >= 0.6 is 23.4 Å². The molecule has 0 aliphatic carbocycles. The molecule has 2 N–H and O–H groups in total. The number of hydrogen-bond acceptors (Lipinski definition) is 5. The van der Waals surface area contributed by atoms with Crippen molar-refractivity contribution in [2.24, 2.45) is 0 Å². The molecule has 0 heterocycles. The van der Waals surface area contributed by atoms with Crippen LogP contribution in [0.15, 0.2) is 77.7 Å². The van der Waals surface area contributed by atoms with Crippen molar-refractivity contribution in [3.05, 3.63) is 88.9 Å². The first-order valence-corrected chi connectivity index (χ1v) is 13.5. The van der Waals surface area contributed by atoms with E-state index < -0.39 is 0 Å². The molecule has 0 aliphatic rings. The van der Waals surface area contributed by atoms with Gasteiger partial charge in [-0.05, 0) is 73.0 Å². The molecule has 37 heavy (non-hydrogen) atoms. The number of benzene rings is 3. The van der Waals surface area contributed by atoms with Crippen LogP contribution in [-0.4, -0.2) is 29.6 Å². The number of halogens is 1. The average Bonchev–Trinajstić information content (AvgIpc) is 2.89. The summed E-state index contributed by atoms with van der Waals surface area (Å²) in [5, 5.41) is 6.12. The second kappa shape index (κ2) is 14.4. The van der Waals surface area contributed by atoms with Crippen molar-refractivity contribution in [1.82, 2.24) is 0 Å². The summed E-state index contributed by atoms with van der Waals surface area (Å²) in [4.78, 5) is 38.3. The van der Waals surface area contributed by atoms with Gasteiger partial charge in [0.25, 0.3) is 0 Å². The smallest absolute Gasteiger partial charge is 0.338 e. The lowest BCUT2D eigenvalue weighted by Crippen LogP contribution is -2.24. The predicted octanol–water partition coefficient (Wildman–Crippen LogP) is 6.99. The molecule has 8 heteroatoms. The van der Waals surface area contributed by atoms with E-state index in [4.69, 9.17) is 16.3 Å². The van der Waals surface area contributed by atoms with E-state index in [1.165, 1.54) is 11.8 Å². The van der Waals surface area contributed by atoms with Gasteiger partial charge >= 0.3 is 5.97 Å². The molecule has 6 nitrogen and oxygen atoms in total. The molecule has 0 radical (unpaired) electrons. The van der Waals surface area contributed by atoms with Gasteiger partial charge in [-0.15, -0.1) is 11.8 Å². The number of ether oxygens (including phenoxy) is 1. The summed E-state index contributed by atoms with van der Waals surface area (Å²) in [6.45, 7) is 4.38. The largest absolute Gasteiger partial charge is 0.462 e. The van der Waals surface area contributed by atoms with Crippen molar-refractivity contribution >= 4 is 52.5 Å². The van der Waals surface area contributed by atoms with Crippen LogP contribution in [0.5, 0.6) is 0 Å². The van der Waals surface area contributed by atoms with Crippen LogP contribution in [0, 0.1) is 0 Å². The number of rotatable bonds is 12. The third-order valence-electron chi connectivity index (χ3n) is 5.46. The Balaban J connectivity index is 1.55. The first-order valence-electron chi connectivity index (χ1n) is 12.3. The zero-order valence-corrected chi connectivity index (χ0v) is 22.5. The monoisotopic (exact) mass is 538 g/mol. The number of carbonyl (C=O) groups excluding carboxylic acids is 3. The van der Waals surface area contributed by atoms with E-state index >= 15 is 0 Å². The van der Waals surface area contributed by atoms with E-state index in [0.717, 1.165) is 23.3 Å². The van der Waals surface area contributed by atoms with Gasteiger partial charge in [0.15, 0.2) is 0 Å². The fourth-order valence-electron chi connectivity index (χ4n) is 3.43. The Morgan fingerprint density at radius 1 is 0.919 bits per heavy atom. The molecule has 0 aliphatic heterocycles. The van der Waals surface area contributed by atoms with E-state index in [2.05, 4.69) is 10.6 Å². The average molecular weight is 539 g/mol. The van der Waals surface area contributed by atoms with E-state index in [9.17, 15) is 14.4 Å². The number of thioether (sulfide) groups is 1. The minimum Gasteiger partial charge on any atom is -0.462 e. The zero-order chi connectivity index (χ0) is 26.6. The van der Waals surface area contributed by atoms with Gasteiger partial charge in [-0.2, -0.15) is 0 Å². The maximum Gasteiger partial charge on any atom is 0.338 e. The number of anilines is 2. The summed E-state index contributed by atoms with van der Waals surface area (Å²) in [6.07, 6.45) is 2.64. The SMILES string of the molecule is CCCCOC(=O)c1ccc(NC(=O)C(CC)Sc2cccc(NC(=O)Cc3ccc(Cl)cc3)c2)cc1. The summed E-state index contributed by atoms with van der Waals surface area (Å²) >= 11 is 7.34. The first-order chi connectivity index (χ1) is 17.9. The Morgan fingerprint density at radius 3 is 2.32 bits per heavy atom. The molecule has 0 fully saturated rings. The molecule has 3 aromatic rings. The summed E-state index contributed by atoms with van der Waals surface area (Å²) in [5.74, 6) is -0.636. The Hall–Kier alpha value is -3.29. The Kier molecular flexibility index (Phi) is 11.0. The Morgan fingerprint density at radius 2 is 1.65 bits per heavy atom. The van der Waals surface area contributed by atoms with E-state index in [0.29, 0.717) is 35.0 Å². The van der Waals surface area contributed by atoms with Crippen LogP contribution in [-0.2, 0) is 20.7 Å². The maximum absolute atomic E-state index is 12.9. The van der Waals surface area contributed by atoms with Crippen molar-refractivity contribution < 1.29 is 19.1 Å². The van der Waals surface area contributed by atoms with E-state index in [-0.39, 0.29) is 29.5 Å². The Labute approximate surface area is 227 Å². The molecule has 1 atom stereocenters. The van der Waals surface area contributed by atoms with Crippen LogP contribution in [0.25, 0.3) is 0 Å². The number of carbonyl (C=O) groups is 3. The van der Waals surface area contributed by atoms with Gasteiger partial charge in [0, 0.05) is 21.3 Å². The van der Waals surface area contributed by atoms with Crippen molar-refractivity contribution in [1.29, 1.82) is 0 Å². The second-order valence-corrected chi connectivity index (χ2v) is 10.2. The number of esters is 1. The highest BCUT2D eigenvalue weighted by molar-refractivity contribution is 8.00. The third-order valence-corrected chi connectivity index (χ3v) is 7.07. The van der Waals surface area contributed by atoms with Crippen LogP contribution in [0.4, 0.5) is 11.4 Å². The van der Waals surface area contributed by atoms with Gasteiger partial charge < -0.3 is 15.4 Å². The molecule has 0 bridgehead atoms. The van der Waals surface area contributed by atoms with Gasteiger partial charge in [-0.25, -0.2) is 4.79 Å². The predicted molar refractivity (Wildman–Crippen MR) is 150 cm³/mol. The van der Waals surface area contributed by atoms with Crippen molar-refractivity contribution in [3.63, 3.8) is 0 Å². The number of amides is 2. The molecule has 194 valence electrons. The summed E-state index contributed by atoms with van der Waals surface area (Å²) < 4.78 is 5.22. The molecule has 3 rings (SSSR count). The minimum atomic E-state index is -0.367. The van der Waals surface area contributed by atoms with Gasteiger partial charge in [0.2, 0.25) is 11.8 Å². The first kappa shape index (κ1) is 28.3. The lowest BCUT2D eigenvalue weighted by molar-refractivity contribution is -0.116. The highest BCUT2D eigenvalue weighted by Gasteiger charge is 2.19. The third kappa shape index (κ3) is 9.26. The quantitative estimate of drug-likeness (QED) is 0.147. The van der Waals surface area contributed by atoms with Gasteiger partial charge in [-0.1, -0.05) is 50.1 Å². The molecular formula is C29H31ClN2O4S. The summed E-state index contributed by atoms with van der Waals surface area (Å²) in [6, 6.07) is 21.3. The van der Waals surface area contributed by atoms with Crippen LogP contribution in [0.3, 0.4) is 0 Å². The molecule has 0 aromatic heterocycles. The van der Waals surface area contributed by atoms with Crippen molar-refractivity contribution in [2.75, 3.05) is 17.2 Å². The molecule has 0 spiro atoms. The van der Waals surface area contributed by atoms with E-state index in [1.54, 1.807) is 36.4 Å². The van der Waals surface area contributed by atoms with Gasteiger partial charge in [0.05, 0.1) is 23.8 Å². The number of unbranched alkanes of at least 4 members (excludes halogenated alkanes) is 1. The summed E-state index contributed by atoms with van der Waals surface area (Å²) in [7, 11) is 0. The van der Waals surface area contributed by atoms with Crippen LogP contribution in [0.2, 0.25) is 5.02 Å². The standard InChI is InChI=1S/C29H31ClN2O4S/c1-3-5-17-36-29(35)21-11-15-23(16-12-21)32-28(34)26(4-2)37-25-8-6-7-24(19-25)31-27(33)18-20-9-13-22(30)14-10-20/h6-16,19,26H,3-5,17-18H2,1-2H3,(H,31,33)(H,32,34). The van der Waals surface area contributed by atoms with E-state index in [1.807, 2.05) is 50.2 Å². The van der Waals surface area contributed by atoms with Crippen LogP contribution in [0.1, 0.15) is 49.0 Å². The highest BCUT2D eigenvalue weighted by atomic mass is 35.5. The summed E-state index contributed by atoms with van der Waals surface area (Å²) in [5.41, 5.74) is 2.60. The van der Waals surface area contributed by atoms with Crippen LogP contribution < -0.4 is 10.6 Å². The fraction of sp³-hybridized carbons (Fsp3) is 0.276. The molecule has 0 saturated carbocycles. The van der Waals surface area contributed by atoms with Crippen molar-refractivity contribution in [3.8, 4) is 0 Å². The normalized spacial score (nSPS) is 11.4. The zero-order valence-electron chi connectivity index (χ0n) is 21.0. The number of nitrogens with one attached hydrogen (secondary N) is 2. The molecule has 0 saturated heterocycles. The molecule has 3 aromatic carbocycles. The molecular weight excluding hydrogens is 508 g/mol. The topological polar surface area (TPSA) is 84.5 Å². The highest BCUT2D eigenvalue weighted by Crippen LogP contribution is 2.29. The minimum absolute atomic E-state index is 0.132. The Bertz CT molecular complexity index is 1200. The number of hydrogen-bond donors (Lipinski definition) is 2. The maximum atomic E-state index is 12.9. The van der Waals surface area contributed by atoms with Crippen molar-refractivity contribution in [2.45, 2.75) is 49.7 Å². The van der Waals surface area contributed by atoms with Gasteiger partial charge in [-0.3, -0.25) is 9.59 Å². The van der Waals surface area contributed by atoms with Gasteiger partial charge in [0.1, 0.15) is 0 Å².